The van der Waals surface area contributed by atoms with E-state index in [2.05, 4.69) is 15.9 Å². The number of halogens is 3. The fraction of sp³-hybridized carbons (Fsp3) is 0.222. The normalized spacial score (nSPS) is 10.4. The molecule has 0 aliphatic carbocycles. The minimum Gasteiger partial charge on any atom is -0.491 e. The molecule has 0 amide bonds. The van der Waals surface area contributed by atoms with Gasteiger partial charge in [0.05, 0.1) is 10.6 Å². The molecule has 0 saturated heterocycles. The summed E-state index contributed by atoms with van der Waals surface area (Å²) in [6, 6.07) is 13.0. The second-order valence-electron chi connectivity index (χ2n) is 5.14. The quantitative estimate of drug-likeness (QED) is 0.486. The van der Waals surface area contributed by atoms with Crippen LogP contribution in [0.1, 0.15) is 13.8 Å². The van der Waals surface area contributed by atoms with Gasteiger partial charge in [-0.2, -0.15) is 0 Å². The molecule has 24 heavy (non-hydrogen) atoms. The Kier molecular flexibility index (Phi) is 7.28. The minimum absolute atomic E-state index is 0.142. The molecule has 0 N–H and O–H groups in total. The van der Waals surface area contributed by atoms with Gasteiger partial charge in [0.25, 0.3) is 0 Å². The zero-order chi connectivity index (χ0) is 17.5. The summed E-state index contributed by atoms with van der Waals surface area (Å²) < 4.78 is 17.9. The van der Waals surface area contributed by atoms with E-state index in [4.69, 9.17) is 37.4 Å². The van der Waals surface area contributed by atoms with Crippen molar-refractivity contribution in [2.75, 3.05) is 6.61 Å². The molecule has 6 heteroatoms. The van der Waals surface area contributed by atoms with Crippen LogP contribution < -0.4 is 14.2 Å². The SMILES string of the molecule is CC(C)Oc1ccc(Oc2ccc(OCC=C(Cl)Cl)c(Br)c2)cc1. The monoisotopic (exact) mass is 430 g/mol. The Morgan fingerprint density at radius 1 is 1.04 bits per heavy atom. The molecule has 0 atom stereocenters. The van der Waals surface area contributed by atoms with Crippen LogP contribution in [0.2, 0.25) is 0 Å². The molecular weight excluding hydrogens is 415 g/mol. The molecule has 2 aromatic rings. The highest BCUT2D eigenvalue weighted by Crippen LogP contribution is 2.32. The van der Waals surface area contributed by atoms with Gasteiger partial charge < -0.3 is 14.2 Å². The van der Waals surface area contributed by atoms with Crippen LogP contribution in [0.25, 0.3) is 0 Å². The lowest BCUT2D eigenvalue weighted by Crippen LogP contribution is -2.05. The standard InChI is InChI=1S/C18H17BrCl2O3/c1-12(2)23-13-3-5-14(6-4-13)24-15-7-8-17(16(19)11-15)22-10-9-18(20)21/h3-9,11-12H,10H2,1-2H3. The average Bonchev–Trinajstić information content (AvgIpc) is 2.50. The molecule has 0 spiro atoms. The molecule has 0 aliphatic rings. The Morgan fingerprint density at radius 3 is 2.25 bits per heavy atom. The van der Waals surface area contributed by atoms with Crippen LogP contribution in [0.4, 0.5) is 0 Å². The van der Waals surface area contributed by atoms with Crippen LogP contribution in [-0.4, -0.2) is 12.7 Å². The lowest BCUT2D eigenvalue weighted by atomic mass is 10.3. The van der Waals surface area contributed by atoms with E-state index in [9.17, 15) is 0 Å². The summed E-state index contributed by atoms with van der Waals surface area (Å²) in [6.45, 7) is 4.27. The molecule has 0 radical (unpaired) electrons. The van der Waals surface area contributed by atoms with Gasteiger partial charge in [-0.25, -0.2) is 0 Å². The van der Waals surface area contributed by atoms with Crippen LogP contribution in [0.15, 0.2) is 57.5 Å². The number of ether oxygens (including phenoxy) is 3. The lowest BCUT2D eigenvalue weighted by molar-refractivity contribution is 0.242. The Bertz CT molecular complexity index is 696. The van der Waals surface area contributed by atoms with E-state index < -0.39 is 0 Å². The molecule has 0 fully saturated rings. The zero-order valence-corrected chi connectivity index (χ0v) is 16.4. The molecule has 128 valence electrons. The van der Waals surface area contributed by atoms with Crippen molar-refractivity contribution in [3.05, 3.63) is 57.5 Å². The van der Waals surface area contributed by atoms with Crippen molar-refractivity contribution < 1.29 is 14.2 Å². The van der Waals surface area contributed by atoms with Crippen molar-refractivity contribution in [1.82, 2.24) is 0 Å². The summed E-state index contributed by atoms with van der Waals surface area (Å²) >= 11 is 14.5. The van der Waals surface area contributed by atoms with E-state index in [0.29, 0.717) is 18.1 Å². The molecule has 0 heterocycles. The molecule has 0 bridgehead atoms. The van der Waals surface area contributed by atoms with E-state index in [0.717, 1.165) is 16.0 Å². The topological polar surface area (TPSA) is 27.7 Å². The molecule has 2 aromatic carbocycles. The maximum Gasteiger partial charge on any atom is 0.134 e. The van der Waals surface area contributed by atoms with Gasteiger partial charge in [0.1, 0.15) is 34.1 Å². The highest BCUT2D eigenvalue weighted by atomic mass is 79.9. The van der Waals surface area contributed by atoms with Gasteiger partial charge in [-0.1, -0.05) is 23.2 Å². The average molecular weight is 432 g/mol. The third kappa shape index (κ3) is 6.27. The van der Waals surface area contributed by atoms with Crippen LogP contribution in [-0.2, 0) is 0 Å². The minimum atomic E-state index is 0.142. The van der Waals surface area contributed by atoms with E-state index in [1.165, 1.54) is 0 Å². The summed E-state index contributed by atoms with van der Waals surface area (Å²) in [5.41, 5.74) is 0. The molecular formula is C18H17BrCl2O3. The fourth-order valence-corrected chi connectivity index (χ4v) is 2.45. The first kappa shape index (κ1) is 19.0. The fourth-order valence-electron chi connectivity index (χ4n) is 1.85. The summed E-state index contributed by atoms with van der Waals surface area (Å²) in [5, 5.41) is 0. The van der Waals surface area contributed by atoms with Gasteiger partial charge in [-0.3, -0.25) is 0 Å². The Morgan fingerprint density at radius 2 is 1.67 bits per heavy atom. The van der Waals surface area contributed by atoms with Gasteiger partial charge >= 0.3 is 0 Å². The number of hydrogen-bond donors (Lipinski definition) is 0. The van der Waals surface area contributed by atoms with Crippen molar-refractivity contribution in [3.63, 3.8) is 0 Å². The van der Waals surface area contributed by atoms with Gasteiger partial charge in [0.15, 0.2) is 0 Å². The number of benzene rings is 2. The van der Waals surface area contributed by atoms with Crippen molar-refractivity contribution in [2.24, 2.45) is 0 Å². The summed E-state index contributed by atoms with van der Waals surface area (Å²) in [7, 11) is 0. The summed E-state index contributed by atoms with van der Waals surface area (Å²) in [4.78, 5) is 0. The van der Waals surface area contributed by atoms with E-state index in [-0.39, 0.29) is 10.6 Å². The van der Waals surface area contributed by atoms with Crippen molar-refractivity contribution in [2.45, 2.75) is 20.0 Å². The summed E-state index contributed by atoms with van der Waals surface area (Å²) in [5.74, 6) is 2.91. The first-order valence-corrected chi connectivity index (χ1v) is 8.87. The largest absolute Gasteiger partial charge is 0.491 e. The van der Waals surface area contributed by atoms with Crippen LogP contribution in [0.5, 0.6) is 23.0 Å². The highest BCUT2D eigenvalue weighted by Gasteiger charge is 2.05. The Labute approximate surface area is 160 Å². The van der Waals surface area contributed by atoms with Crippen molar-refractivity contribution >= 4 is 39.1 Å². The first-order valence-electron chi connectivity index (χ1n) is 7.32. The van der Waals surface area contributed by atoms with Crippen LogP contribution >= 0.6 is 39.1 Å². The highest BCUT2D eigenvalue weighted by molar-refractivity contribution is 9.10. The summed E-state index contributed by atoms with van der Waals surface area (Å²) in [6.07, 6.45) is 1.71. The lowest BCUT2D eigenvalue weighted by Gasteiger charge is -2.12. The molecule has 3 nitrogen and oxygen atoms in total. The van der Waals surface area contributed by atoms with Crippen LogP contribution in [0, 0.1) is 0 Å². The second-order valence-corrected chi connectivity index (χ2v) is 7.00. The molecule has 0 aromatic heterocycles. The zero-order valence-electron chi connectivity index (χ0n) is 13.3. The second kappa shape index (κ2) is 9.21. The molecule has 0 aliphatic heterocycles. The van der Waals surface area contributed by atoms with E-state index in [1.807, 2.05) is 56.3 Å². The van der Waals surface area contributed by atoms with Crippen molar-refractivity contribution in [3.8, 4) is 23.0 Å². The predicted octanol–water partition coefficient (Wildman–Crippen LogP) is 6.73. The van der Waals surface area contributed by atoms with Gasteiger partial charge in [0.2, 0.25) is 0 Å². The molecule has 0 saturated carbocycles. The first-order chi connectivity index (χ1) is 11.4. The number of hydrogen-bond acceptors (Lipinski definition) is 3. The number of rotatable bonds is 7. The van der Waals surface area contributed by atoms with Crippen LogP contribution in [0.3, 0.4) is 0 Å². The third-order valence-corrected chi connectivity index (χ3v) is 3.74. The van der Waals surface area contributed by atoms with Gasteiger partial charge in [-0.05, 0) is 78.3 Å². The predicted molar refractivity (Wildman–Crippen MR) is 102 cm³/mol. The molecule has 0 unspecified atom stereocenters. The smallest absolute Gasteiger partial charge is 0.134 e. The van der Waals surface area contributed by atoms with Crippen molar-refractivity contribution in [1.29, 1.82) is 0 Å². The Balaban J connectivity index is 2.00. The maximum absolute atomic E-state index is 5.82. The molecule has 2 rings (SSSR count). The maximum atomic E-state index is 5.82. The van der Waals surface area contributed by atoms with E-state index >= 15 is 0 Å². The van der Waals surface area contributed by atoms with Gasteiger partial charge in [0, 0.05) is 0 Å². The Hall–Kier alpha value is -1.36. The van der Waals surface area contributed by atoms with E-state index in [1.54, 1.807) is 6.08 Å². The third-order valence-electron chi connectivity index (χ3n) is 2.81. The van der Waals surface area contributed by atoms with Gasteiger partial charge in [-0.15, -0.1) is 0 Å².